The zero-order valence-corrected chi connectivity index (χ0v) is 12.1. The molecule has 0 bridgehead atoms. The Morgan fingerprint density at radius 3 is 2.41 bits per heavy atom. The lowest BCUT2D eigenvalue weighted by Gasteiger charge is -2.07. The molecule has 0 aliphatic rings. The summed E-state index contributed by atoms with van der Waals surface area (Å²) in [6.07, 6.45) is 7.32. The maximum atomic E-state index is 5.69. The second-order valence-electron chi connectivity index (χ2n) is 4.85. The smallest absolute Gasteiger partial charge is 0.213 e. The Hall–Kier alpha value is -3.05. The second kappa shape index (κ2) is 6.60. The normalized spacial score (nSPS) is 9.95. The lowest BCUT2D eigenvalue weighted by Crippen LogP contribution is -1.97. The molecule has 0 atom stereocenters. The van der Waals surface area contributed by atoms with Crippen LogP contribution in [0.25, 0.3) is 11.1 Å². The van der Waals surface area contributed by atoms with Crippen molar-refractivity contribution in [3.05, 3.63) is 84.1 Å². The lowest BCUT2D eigenvalue weighted by atomic mass is 10.0. The van der Waals surface area contributed by atoms with Gasteiger partial charge in [-0.2, -0.15) is 0 Å². The van der Waals surface area contributed by atoms with E-state index in [1.54, 1.807) is 6.20 Å². The van der Waals surface area contributed by atoms with E-state index in [0.717, 1.165) is 22.3 Å². The summed E-state index contributed by atoms with van der Waals surface area (Å²) < 4.78 is 5.69. The van der Waals surface area contributed by atoms with Gasteiger partial charge < -0.3 is 4.74 Å². The van der Waals surface area contributed by atoms with E-state index in [4.69, 9.17) is 11.2 Å². The molecule has 0 fully saturated rings. The van der Waals surface area contributed by atoms with Crippen LogP contribution >= 0.6 is 0 Å². The third kappa shape index (κ3) is 3.16. The van der Waals surface area contributed by atoms with Crippen LogP contribution in [0.1, 0.15) is 11.1 Å². The lowest BCUT2D eigenvalue weighted by molar-refractivity contribution is 0.294. The predicted molar refractivity (Wildman–Crippen MR) is 88.4 cm³/mol. The molecule has 0 spiro atoms. The summed E-state index contributed by atoms with van der Waals surface area (Å²) in [7, 11) is 0. The molecule has 2 aromatic carbocycles. The largest absolute Gasteiger partial charge is 0.473 e. The highest BCUT2D eigenvalue weighted by Crippen LogP contribution is 2.23. The summed E-state index contributed by atoms with van der Waals surface area (Å²) >= 11 is 0. The highest BCUT2D eigenvalue weighted by atomic mass is 16.5. The van der Waals surface area contributed by atoms with Crippen molar-refractivity contribution in [1.29, 1.82) is 0 Å². The van der Waals surface area contributed by atoms with E-state index in [1.807, 2.05) is 66.7 Å². The van der Waals surface area contributed by atoms with Gasteiger partial charge in [-0.15, -0.1) is 6.42 Å². The Morgan fingerprint density at radius 2 is 1.68 bits per heavy atom. The first-order valence-electron chi connectivity index (χ1n) is 7.05. The van der Waals surface area contributed by atoms with E-state index in [-0.39, 0.29) is 0 Å². The molecule has 106 valence electrons. The van der Waals surface area contributed by atoms with Crippen molar-refractivity contribution in [1.82, 2.24) is 4.98 Å². The Morgan fingerprint density at radius 1 is 0.909 bits per heavy atom. The monoisotopic (exact) mass is 285 g/mol. The van der Waals surface area contributed by atoms with Crippen molar-refractivity contribution >= 4 is 0 Å². The van der Waals surface area contributed by atoms with Crippen LogP contribution in [0.2, 0.25) is 0 Å². The first-order chi connectivity index (χ1) is 10.9. The molecular formula is C20H15NO. The van der Waals surface area contributed by atoms with Crippen molar-refractivity contribution in [2.24, 2.45) is 0 Å². The van der Waals surface area contributed by atoms with Crippen molar-refractivity contribution in [3.8, 4) is 29.4 Å². The van der Waals surface area contributed by atoms with Crippen molar-refractivity contribution in [2.75, 3.05) is 0 Å². The molecular weight excluding hydrogens is 270 g/mol. The SMILES string of the molecule is C#Cc1ccccc1-c1ccc(OCc2ccccc2)nc1. The molecule has 3 rings (SSSR count). The third-order valence-corrected chi connectivity index (χ3v) is 3.36. The van der Waals surface area contributed by atoms with E-state index in [1.165, 1.54) is 0 Å². The Kier molecular flexibility index (Phi) is 4.17. The van der Waals surface area contributed by atoms with Crippen LogP contribution in [0.4, 0.5) is 0 Å². The van der Waals surface area contributed by atoms with Gasteiger partial charge in [0.15, 0.2) is 0 Å². The average Bonchev–Trinajstić information content (AvgIpc) is 2.61. The molecule has 1 heterocycles. The van der Waals surface area contributed by atoms with Crippen LogP contribution in [0.3, 0.4) is 0 Å². The van der Waals surface area contributed by atoms with Gasteiger partial charge in [-0.25, -0.2) is 4.98 Å². The number of benzene rings is 2. The molecule has 0 aliphatic carbocycles. The third-order valence-electron chi connectivity index (χ3n) is 3.36. The molecule has 0 unspecified atom stereocenters. The Balaban J connectivity index is 1.74. The summed E-state index contributed by atoms with van der Waals surface area (Å²) in [5.74, 6) is 3.30. The van der Waals surface area contributed by atoms with E-state index >= 15 is 0 Å². The van der Waals surface area contributed by atoms with Gasteiger partial charge in [0.1, 0.15) is 6.61 Å². The molecule has 1 aromatic heterocycles. The fourth-order valence-electron chi connectivity index (χ4n) is 2.22. The van der Waals surface area contributed by atoms with Crippen molar-refractivity contribution < 1.29 is 4.74 Å². The van der Waals surface area contributed by atoms with Gasteiger partial charge in [-0.05, 0) is 23.3 Å². The molecule has 0 radical (unpaired) electrons. The number of hydrogen-bond acceptors (Lipinski definition) is 2. The van der Waals surface area contributed by atoms with Crippen molar-refractivity contribution in [2.45, 2.75) is 6.61 Å². The summed E-state index contributed by atoms with van der Waals surface area (Å²) in [5.41, 5.74) is 3.97. The number of nitrogens with zero attached hydrogens (tertiary/aromatic N) is 1. The van der Waals surface area contributed by atoms with E-state index in [9.17, 15) is 0 Å². The van der Waals surface area contributed by atoms with Gasteiger partial charge in [0.2, 0.25) is 5.88 Å². The van der Waals surface area contributed by atoms with Crippen LogP contribution in [-0.2, 0) is 6.61 Å². The van der Waals surface area contributed by atoms with E-state index < -0.39 is 0 Å². The number of rotatable bonds is 4. The van der Waals surface area contributed by atoms with E-state index in [2.05, 4.69) is 10.9 Å². The van der Waals surface area contributed by atoms with Gasteiger partial charge in [0, 0.05) is 23.4 Å². The highest BCUT2D eigenvalue weighted by Gasteiger charge is 2.04. The zero-order valence-electron chi connectivity index (χ0n) is 12.1. The average molecular weight is 285 g/mol. The molecule has 22 heavy (non-hydrogen) atoms. The Bertz CT molecular complexity index is 786. The van der Waals surface area contributed by atoms with Gasteiger partial charge in [0.05, 0.1) is 0 Å². The molecule has 0 aliphatic heterocycles. The number of ether oxygens (including phenoxy) is 1. The fourth-order valence-corrected chi connectivity index (χ4v) is 2.22. The number of aromatic nitrogens is 1. The Labute approximate surface area is 130 Å². The van der Waals surface area contributed by atoms with Crippen LogP contribution in [0.5, 0.6) is 5.88 Å². The minimum Gasteiger partial charge on any atom is -0.473 e. The molecule has 2 nitrogen and oxygen atoms in total. The molecule has 3 aromatic rings. The molecule has 0 amide bonds. The minimum atomic E-state index is 0.508. The maximum absolute atomic E-state index is 5.69. The highest BCUT2D eigenvalue weighted by molar-refractivity contribution is 5.70. The van der Waals surface area contributed by atoms with Gasteiger partial charge >= 0.3 is 0 Å². The second-order valence-corrected chi connectivity index (χ2v) is 4.85. The van der Waals surface area contributed by atoms with Crippen LogP contribution in [-0.4, -0.2) is 4.98 Å². The molecule has 0 saturated carbocycles. The summed E-state index contributed by atoms with van der Waals surface area (Å²) in [5, 5.41) is 0. The first kappa shape index (κ1) is 13.9. The number of hydrogen-bond donors (Lipinski definition) is 0. The summed E-state index contributed by atoms with van der Waals surface area (Å²) in [6, 6.07) is 21.7. The molecule has 0 N–H and O–H groups in total. The minimum absolute atomic E-state index is 0.508. The molecule has 0 saturated heterocycles. The van der Waals surface area contributed by atoms with E-state index in [0.29, 0.717) is 12.5 Å². The first-order valence-corrected chi connectivity index (χ1v) is 7.05. The standard InChI is InChI=1S/C20H15NO/c1-2-17-10-6-7-11-19(17)18-12-13-20(21-14-18)22-15-16-8-4-3-5-9-16/h1,3-14H,15H2. The zero-order chi connectivity index (χ0) is 15.2. The van der Waals surface area contributed by atoms with Gasteiger partial charge in [-0.1, -0.05) is 54.5 Å². The molecule has 2 heteroatoms. The van der Waals surface area contributed by atoms with Crippen LogP contribution in [0.15, 0.2) is 72.9 Å². The number of terminal acetylenes is 1. The number of pyridine rings is 1. The van der Waals surface area contributed by atoms with Crippen molar-refractivity contribution in [3.63, 3.8) is 0 Å². The summed E-state index contributed by atoms with van der Waals surface area (Å²) in [6.45, 7) is 0.508. The maximum Gasteiger partial charge on any atom is 0.213 e. The van der Waals surface area contributed by atoms with Crippen LogP contribution < -0.4 is 4.74 Å². The van der Waals surface area contributed by atoms with Crippen LogP contribution in [0, 0.1) is 12.3 Å². The van der Waals surface area contributed by atoms with Gasteiger partial charge in [-0.3, -0.25) is 0 Å². The quantitative estimate of drug-likeness (QED) is 0.666. The fraction of sp³-hybridized carbons (Fsp3) is 0.0500. The predicted octanol–water partition coefficient (Wildman–Crippen LogP) is 4.31. The van der Waals surface area contributed by atoms with Gasteiger partial charge in [0.25, 0.3) is 0 Å². The summed E-state index contributed by atoms with van der Waals surface area (Å²) in [4.78, 5) is 4.35. The topological polar surface area (TPSA) is 22.1 Å².